The predicted molar refractivity (Wildman–Crippen MR) is 122 cm³/mol. The van der Waals surface area contributed by atoms with Crippen molar-refractivity contribution < 1.29 is 13.2 Å². The van der Waals surface area contributed by atoms with Crippen LogP contribution < -0.4 is 4.74 Å². The highest BCUT2D eigenvalue weighted by atomic mass is 32.2. The van der Waals surface area contributed by atoms with Crippen LogP contribution in [-0.4, -0.2) is 19.7 Å². The number of aryl methyl sites for hydroxylation is 2. The molecular formula is C25H29NO3S. The maximum Gasteiger partial charge on any atom is 0.179 e. The van der Waals surface area contributed by atoms with Gasteiger partial charge in [-0.3, -0.25) is 4.98 Å². The molecule has 158 valence electrons. The Labute approximate surface area is 179 Å². The van der Waals surface area contributed by atoms with Gasteiger partial charge in [-0.1, -0.05) is 55.8 Å². The van der Waals surface area contributed by atoms with Gasteiger partial charge in [-0.2, -0.15) is 0 Å². The van der Waals surface area contributed by atoms with Crippen LogP contribution in [0.2, 0.25) is 0 Å². The lowest BCUT2D eigenvalue weighted by atomic mass is 9.96. The number of sulfone groups is 1. The van der Waals surface area contributed by atoms with E-state index in [1.165, 1.54) is 11.8 Å². The SMILES string of the molecule is Cc1ccc(-c2cc(CC(C)C)nc(C)c2COc2ccccc2S(C)(=O)=O)cc1. The number of aromatic nitrogens is 1. The van der Waals surface area contributed by atoms with Gasteiger partial charge in [-0.05, 0) is 55.5 Å². The van der Waals surface area contributed by atoms with Crippen molar-refractivity contribution in [3.63, 3.8) is 0 Å². The molecule has 1 heterocycles. The van der Waals surface area contributed by atoms with E-state index in [1.807, 2.05) is 6.92 Å². The monoisotopic (exact) mass is 423 g/mol. The average molecular weight is 424 g/mol. The molecule has 0 saturated carbocycles. The Morgan fingerprint density at radius 2 is 1.67 bits per heavy atom. The largest absolute Gasteiger partial charge is 0.487 e. The fourth-order valence-corrected chi connectivity index (χ4v) is 4.30. The smallest absolute Gasteiger partial charge is 0.179 e. The first-order valence-electron chi connectivity index (χ1n) is 10.1. The van der Waals surface area contributed by atoms with Gasteiger partial charge in [0.1, 0.15) is 17.3 Å². The summed E-state index contributed by atoms with van der Waals surface area (Å²) >= 11 is 0. The fourth-order valence-electron chi connectivity index (χ4n) is 3.49. The molecule has 30 heavy (non-hydrogen) atoms. The van der Waals surface area contributed by atoms with E-state index in [-0.39, 0.29) is 11.5 Å². The highest BCUT2D eigenvalue weighted by molar-refractivity contribution is 7.90. The molecule has 0 saturated heterocycles. The summed E-state index contributed by atoms with van der Waals surface area (Å²) in [6, 6.07) is 17.3. The van der Waals surface area contributed by atoms with Crippen molar-refractivity contribution in [1.29, 1.82) is 0 Å². The molecule has 0 atom stereocenters. The van der Waals surface area contributed by atoms with E-state index in [1.54, 1.807) is 24.3 Å². The summed E-state index contributed by atoms with van der Waals surface area (Å²) in [6.45, 7) is 8.67. The molecule has 0 aliphatic rings. The highest BCUT2D eigenvalue weighted by Gasteiger charge is 2.17. The maximum absolute atomic E-state index is 12.1. The number of nitrogens with zero attached hydrogens (tertiary/aromatic N) is 1. The number of rotatable bonds is 7. The van der Waals surface area contributed by atoms with Crippen molar-refractivity contribution in [2.45, 2.75) is 45.6 Å². The van der Waals surface area contributed by atoms with Crippen molar-refractivity contribution in [2.24, 2.45) is 5.92 Å². The third-order valence-electron chi connectivity index (χ3n) is 4.98. The van der Waals surface area contributed by atoms with Gasteiger partial charge in [0.2, 0.25) is 0 Å². The Bertz CT molecular complexity index is 1130. The highest BCUT2D eigenvalue weighted by Crippen LogP contribution is 2.30. The lowest BCUT2D eigenvalue weighted by Gasteiger charge is -2.17. The molecule has 0 spiro atoms. The minimum atomic E-state index is -3.38. The van der Waals surface area contributed by atoms with Crippen LogP contribution in [0.1, 0.15) is 36.4 Å². The summed E-state index contributed by atoms with van der Waals surface area (Å²) in [5, 5.41) is 0. The fraction of sp³-hybridized carbons (Fsp3) is 0.320. The summed E-state index contributed by atoms with van der Waals surface area (Å²) in [5.74, 6) is 0.868. The maximum atomic E-state index is 12.1. The number of hydrogen-bond donors (Lipinski definition) is 0. The number of ether oxygens (including phenoxy) is 1. The molecule has 0 fully saturated rings. The standard InChI is InChI=1S/C25H29NO3S/c1-17(2)14-21-15-22(20-12-10-18(3)11-13-20)23(19(4)26-21)16-29-24-8-6-7-9-25(24)30(5,27)28/h6-13,15,17H,14,16H2,1-5H3. The molecule has 3 aromatic rings. The Hall–Kier alpha value is -2.66. The summed E-state index contributed by atoms with van der Waals surface area (Å²) < 4.78 is 30.2. The van der Waals surface area contributed by atoms with Crippen LogP contribution in [0.4, 0.5) is 0 Å². The number of para-hydroxylation sites is 1. The Morgan fingerprint density at radius 1 is 1.00 bits per heavy atom. The van der Waals surface area contributed by atoms with Crippen molar-refractivity contribution in [3.8, 4) is 16.9 Å². The summed E-state index contributed by atoms with van der Waals surface area (Å²) in [6.07, 6.45) is 2.10. The molecule has 0 N–H and O–H groups in total. The van der Waals surface area contributed by atoms with Gasteiger partial charge in [0.05, 0.1) is 0 Å². The van der Waals surface area contributed by atoms with Crippen LogP contribution in [0.25, 0.3) is 11.1 Å². The van der Waals surface area contributed by atoms with Crippen molar-refractivity contribution in [1.82, 2.24) is 4.98 Å². The van der Waals surface area contributed by atoms with Gasteiger partial charge in [0, 0.05) is 23.2 Å². The number of pyridine rings is 1. The van der Waals surface area contributed by atoms with Crippen LogP contribution in [0.15, 0.2) is 59.5 Å². The van der Waals surface area contributed by atoms with Gasteiger partial charge in [-0.15, -0.1) is 0 Å². The van der Waals surface area contributed by atoms with E-state index in [9.17, 15) is 8.42 Å². The van der Waals surface area contributed by atoms with E-state index in [0.29, 0.717) is 11.7 Å². The van der Waals surface area contributed by atoms with Gasteiger partial charge in [0.25, 0.3) is 0 Å². The summed E-state index contributed by atoms with van der Waals surface area (Å²) in [7, 11) is -3.38. The molecule has 4 nitrogen and oxygen atoms in total. The first kappa shape index (κ1) is 22.0. The zero-order valence-corrected chi connectivity index (χ0v) is 19.1. The summed E-state index contributed by atoms with van der Waals surface area (Å²) in [4.78, 5) is 5.00. The van der Waals surface area contributed by atoms with E-state index in [2.05, 4.69) is 51.1 Å². The molecule has 0 unspecified atom stereocenters. The number of benzene rings is 2. The third-order valence-corrected chi connectivity index (χ3v) is 6.12. The van der Waals surface area contributed by atoms with Crippen molar-refractivity contribution in [2.75, 3.05) is 6.26 Å². The zero-order chi connectivity index (χ0) is 21.9. The first-order valence-corrected chi connectivity index (χ1v) is 12.0. The Morgan fingerprint density at radius 3 is 2.30 bits per heavy atom. The van der Waals surface area contributed by atoms with E-state index < -0.39 is 9.84 Å². The molecule has 5 heteroatoms. The number of hydrogen-bond acceptors (Lipinski definition) is 4. The average Bonchev–Trinajstić information content (AvgIpc) is 2.66. The zero-order valence-electron chi connectivity index (χ0n) is 18.3. The normalized spacial score (nSPS) is 11.7. The van der Waals surface area contributed by atoms with Crippen molar-refractivity contribution in [3.05, 3.63) is 77.1 Å². The minimum absolute atomic E-state index is 0.198. The topological polar surface area (TPSA) is 56.3 Å². The van der Waals surface area contributed by atoms with Crippen LogP contribution in [0.3, 0.4) is 0 Å². The third kappa shape index (κ3) is 5.28. The lowest BCUT2D eigenvalue weighted by Crippen LogP contribution is -2.08. The predicted octanol–water partition coefficient (Wildman–Crippen LogP) is 5.55. The molecule has 3 rings (SSSR count). The first-order chi connectivity index (χ1) is 14.1. The molecule has 0 bridgehead atoms. The minimum Gasteiger partial charge on any atom is -0.487 e. The molecule has 0 aliphatic carbocycles. The van der Waals surface area contributed by atoms with E-state index in [4.69, 9.17) is 9.72 Å². The quantitative estimate of drug-likeness (QED) is 0.500. The molecule has 0 radical (unpaired) electrons. The van der Waals surface area contributed by atoms with Gasteiger partial charge in [-0.25, -0.2) is 8.42 Å². The van der Waals surface area contributed by atoms with Crippen LogP contribution in [-0.2, 0) is 22.9 Å². The Kier molecular flexibility index (Phi) is 6.61. The van der Waals surface area contributed by atoms with E-state index in [0.717, 1.165) is 34.5 Å². The van der Waals surface area contributed by atoms with Crippen LogP contribution >= 0.6 is 0 Å². The van der Waals surface area contributed by atoms with E-state index >= 15 is 0 Å². The van der Waals surface area contributed by atoms with Crippen LogP contribution in [0, 0.1) is 19.8 Å². The molecule has 2 aromatic carbocycles. The second-order valence-corrected chi connectivity index (χ2v) is 10.2. The van der Waals surface area contributed by atoms with Crippen LogP contribution in [0.5, 0.6) is 5.75 Å². The Balaban J connectivity index is 2.03. The molecule has 1 aromatic heterocycles. The molecular weight excluding hydrogens is 394 g/mol. The second kappa shape index (κ2) is 9.00. The van der Waals surface area contributed by atoms with Gasteiger partial charge < -0.3 is 4.74 Å². The lowest BCUT2D eigenvalue weighted by molar-refractivity contribution is 0.297. The van der Waals surface area contributed by atoms with Crippen molar-refractivity contribution >= 4 is 9.84 Å². The van der Waals surface area contributed by atoms with Gasteiger partial charge in [0.15, 0.2) is 9.84 Å². The van der Waals surface area contributed by atoms with Gasteiger partial charge >= 0.3 is 0 Å². The molecule has 0 aliphatic heterocycles. The summed E-state index contributed by atoms with van der Waals surface area (Å²) in [5.41, 5.74) is 6.31. The second-order valence-electron chi connectivity index (χ2n) is 8.20. The molecule has 0 amide bonds.